The van der Waals surface area contributed by atoms with Gasteiger partial charge in [0.05, 0.1) is 5.56 Å². The zero-order valence-electron chi connectivity index (χ0n) is 8.09. The second kappa shape index (κ2) is 3.95. The maximum absolute atomic E-state index is 8.73. The zero-order valence-corrected chi connectivity index (χ0v) is 8.09. The van der Waals surface area contributed by atoms with Crippen molar-refractivity contribution in [1.29, 1.82) is 5.26 Å². The molecule has 0 unspecified atom stereocenters. The summed E-state index contributed by atoms with van der Waals surface area (Å²) in [7, 11) is 0. The Kier molecular flexibility index (Phi) is 2.92. The maximum Gasteiger partial charge on any atom is 0.101 e. The van der Waals surface area contributed by atoms with Gasteiger partial charge in [-0.1, -0.05) is 13.3 Å². The van der Waals surface area contributed by atoms with Gasteiger partial charge in [0.2, 0.25) is 0 Å². The van der Waals surface area contributed by atoms with Crippen LogP contribution in [-0.2, 0) is 6.42 Å². The number of hydrogen-bond donors (Lipinski definition) is 1. The molecule has 0 spiro atoms. The minimum atomic E-state index is 0.581. The molecule has 0 amide bonds. The largest absolute Gasteiger partial charge is 0.398 e. The van der Waals surface area contributed by atoms with Gasteiger partial charge in [0, 0.05) is 5.69 Å². The van der Waals surface area contributed by atoms with Crippen LogP contribution in [0.15, 0.2) is 12.1 Å². The third kappa shape index (κ3) is 2.00. The van der Waals surface area contributed by atoms with Crippen molar-refractivity contribution in [2.45, 2.75) is 26.7 Å². The summed E-state index contributed by atoms with van der Waals surface area (Å²) in [5.74, 6) is 0. The van der Waals surface area contributed by atoms with Crippen LogP contribution in [0.5, 0.6) is 0 Å². The second-order valence-electron chi connectivity index (χ2n) is 3.23. The molecule has 1 aromatic carbocycles. The number of hydrogen-bond acceptors (Lipinski definition) is 2. The molecule has 0 heterocycles. The average molecular weight is 174 g/mol. The van der Waals surface area contributed by atoms with Gasteiger partial charge in [-0.25, -0.2) is 0 Å². The van der Waals surface area contributed by atoms with Crippen molar-refractivity contribution in [3.8, 4) is 6.07 Å². The molecule has 0 bridgehead atoms. The van der Waals surface area contributed by atoms with Crippen molar-refractivity contribution >= 4 is 5.69 Å². The molecule has 13 heavy (non-hydrogen) atoms. The van der Waals surface area contributed by atoms with Gasteiger partial charge >= 0.3 is 0 Å². The van der Waals surface area contributed by atoms with Crippen LogP contribution in [0.2, 0.25) is 0 Å². The summed E-state index contributed by atoms with van der Waals surface area (Å²) in [6.07, 6.45) is 2.13. The summed E-state index contributed by atoms with van der Waals surface area (Å²) in [5.41, 5.74) is 9.29. The molecule has 0 aliphatic rings. The molecule has 1 rings (SSSR count). The molecule has 2 N–H and O–H groups in total. The van der Waals surface area contributed by atoms with E-state index in [4.69, 9.17) is 11.0 Å². The second-order valence-corrected chi connectivity index (χ2v) is 3.23. The lowest BCUT2D eigenvalue weighted by Gasteiger charge is -2.06. The van der Waals surface area contributed by atoms with Crippen LogP contribution >= 0.6 is 0 Å². The third-order valence-corrected chi connectivity index (χ3v) is 2.15. The molecule has 0 radical (unpaired) electrons. The standard InChI is InChI=1S/C11H14N2/c1-3-4-9-6-11(13)10(7-12)5-8(9)2/h5-6H,3-4,13H2,1-2H3. The Labute approximate surface area is 79.0 Å². The van der Waals surface area contributed by atoms with Crippen LogP contribution in [0.4, 0.5) is 5.69 Å². The predicted molar refractivity (Wildman–Crippen MR) is 54.3 cm³/mol. The smallest absolute Gasteiger partial charge is 0.101 e. The number of nitrogens with two attached hydrogens (primary N) is 1. The van der Waals surface area contributed by atoms with E-state index in [-0.39, 0.29) is 0 Å². The quantitative estimate of drug-likeness (QED) is 0.700. The SMILES string of the molecule is CCCc1cc(N)c(C#N)cc1C. The number of benzene rings is 1. The molecule has 0 aliphatic carbocycles. The van der Waals surface area contributed by atoms with Crippen LogP contribution < -0.4 is 5.73 Å². The van der Waals surface area contributed by atoms with Crippen LogP contribution in [0.25, 0.3) is 0 Å². The minimum Gasteiger partial charge on any atom is -0.398 e. The average Bonchev–Trinajstić information content (AvgIpc) is 2.11. The van der Waals surface area contributed by atoms with Gasteiger partial charge < -0.3 is 5.73 Å². The Morgan fingerprint density at radius 3 is 2.69 bits per heavy atom. The molecular formula is C11H14N2. The summed E-state index contributed by atoms with van der Waals surface area (Å²) in [6, 6.07) is 5.86. The molecule has 68 valence electrons. The number of nitrogen functional groups attached to an aromatic ring is 1. The predicted octanol–water partition coefficient (Wildman–Crippen LogP) is 2.40. The molecule has 1 aromatic rings. The number of nitrogens with zero attached hydrogens (tertiary/aromatic N) is 1. The Hall–Kier alpha value is -1.49. The lowest BCUT2D eigenvalue weighted by atomic mass is 10.0. The van der Waals surface area contributed by atoms with Gasteiger partial charge in [0.15, 0.2) is 0 Å². The van der Waals surface area contributed by atoms with E-state index >= 15 is 0 Å². The van der Waals surface area contributed by atoms with E-state index in [2.05, 4.69) is 13.0 Å². The van der Waals surface area contributed by atoms with Crippen molar-refractivity contribution < 1.29 is 0 Å². The number of nitriles is 1. The van der Waals surface area contributed by atoms with Crippen molar-refractivity contribution in [3.05, 3.63) is 28.8 Å². The maximum atomic E-state index is 8.73. The van der Waals surface area contributed by atoms with Gasteiger partial charge in [-0.15, -0.1) is 0 Å². The molecule has 0 saturated carbocycles. The van der Waals surface area contributed by atoms with Gasteiger partial charge in [0.25, 0.3) is 0 Å². The highest BCUT2D eigenvalue weighted by Crippen LogP contribution is 2.18. The van der Waals surface area contributed by atoms with Crippen LogP contribution in [0.3, 0.4) is 0 Å². The normalized spacial score (nSPS) is 9.62. The molecule has 0 saturated heterocycles. The first-order chi connectivity index (χ1) is 6.19. The first kappa shape index (κ1) is 9.60. The summed E-state index contributed by atoms with van der Waals surface area (Å²) < 4.78 is 0. The molecule has 2 heteroatoms. The van der Waals surface area contributed by atoms with Crippen LogP contribution in [-0.4, -0.2) is 0 Å². The molecule has 2 nitrogen and oxygen atoms in total. The molecule has 0 aromatic heterocycles. The highest BCUT2D eigenvalue weighted by molar-refractivity contribution is 5.57. The first-order valence-electron chi connectivity index (χ1n) is 4.48. The van der Waals surface area contributed by atoms with Gasteiger partial charge in [-0.2, -0.15) is 5.26 Å². The molecular weight excluding hydrogens is 160 g/mol. The van der Waals surface area contributed by atoms with Crippen LogP contribution in [0, 0.1) is 18.3 Å². The minimum absolute atomic E-state index is 0.581. The van der Waals surface area contributed by atoms with E-state index in [1.54, 1.807) is 0 Å². The summed E-state index contributed by atoms with van der Waals surface area (Å²) in [4.78, 5) is 0. The summed E-state index contributed by atoms with van der Waals surface area (Å²) in [5, 5.41) is 8.73. The van der Waals surface area contributed by atoms with E-state index < -0.39 is 0 Å². The van der Waals surface area contributed by atoms with Gasteiger partial charge in [-0.3, -0.25) is 0 Å². The number of aryl methyl sites for hydroxylation is 2. The fraction of sp³-hybridized carbons (Fsp3) is 0.364. The Morgan fingerprint density at radius 1 is 1.46 bits per heavy atom. The monoisotopic (exact) mass is 174 g/mol. The zero-order chi connectivity index (χ0) is 9.84. The van der Waals surface area contributed by atoms with Gasteiger partial charge in [0.1, 0.15) is 6.07 Å². The van der Waals surface area contributed by atoms with E-state index in [0.717, 1.165) is 18.4 Å². The summed E-state index contributed by atoms with van der Waals surface area (Å²) >= 11 is 0. The van der Waals surface area contributed by atoms with Crippen LogP contribution in [0.1, 0.15) is 30.0 Å². The molecule has 0 fully saturated rings. The van der Waals surface area contributed by atoms with Crippen molar-refractivity contribution in [2.75, 3.05) is 5.73 Å². The van der Waals surface area contributed by atoms with Gasteiger partial charge in [-0.05, 0) is 36.6 Å². The van der Waals surface area contributed by atoms with E-state index in [9.17, 15) is 0 Å². The van der Waals surface area contributed by atoms with Crippen molar-refractivity contribution in [3.63, 3.8) is 0 Å². The fourth-order valence-electron chi connectivity index (χ4n) is 1.41. The van der Waals surface area contributed by atoms with E-state index in [0.29, 0.717) is 11.3 Å². The Balaban J connectivity index is 3.14. The third-order valence-electron chi connectivity index (χ3n) is 2.15. The lowest BCUT2D eigenvalue weighted by molar-refractivity contribution is 0.913. The molecule has 0 aliphatic heterocycles. The Bertz CT molecular complexity index is 348. The summed E-state index contributed by atoms with van der Waals surface area (Å²) in [6.45, 7) is 4.15. The number of rotatable bonds is 2. The molecule has 0 atom stereocenters. The first-order valence-corrected chi connectivity index (χ1v) is 4.48. The lowest BCUT2D eigenvalue weighted by Crippen LogP contribution is -1.96. The van der Waals surface area contributed by atoms with E-state index in [1.807, 2.05) is 19.1 Å². The van der Waals surface area contributed by atoms with E-state index in [1.165, 1.54) is 5.56 Å². The topological polar surface area (TPSA) is 49.8 Å². The highest BCUT2D eigenvalue weighted by atomic mass is 14.6. The van der Waals surface area contributed by atoms with Crippen molar-refractivity contribution in [2.24, 2.45) is 0 Å². The fourth-order valence-corrected chi connectivity index (χ4v) is 1.41. The van der Waals surface area contributed by atoms with Crippen molar-refractivity contribution in [1.82, 2.24) is 0 Å². The Morgan fingerprint density at radius 2 is 2.15 bits per heavy atom. The highest BCUT2D eigenvalue weighted by Gasteiger charge is 2.03. The number of anilines is 1.